The highest BCUT2D eigenvalue weighted by Crippen LogP contribution is 2.21. The second kappa shape index (κ2) is 9.26. The fourth-order valence-corrected chi connectivity index (χ4v) is 3.18. The normalized spacial score (nSPS) is 15.5. The minimum Gasteiger partial charge on any atom is -0.390 e. The van der Waals surface area contributed by atoms with E-state index in [1.54, 1.807) is 4.90 Å². The Bertz CT molecular complexity index is 803. The molecule has 0 radical (unpaired) electrons. The highest BCUT2D eigenvalue weighted by molar-refractivity contribution is 6.01. The molecule has 0 saturated heterocycles. The first kappa shape index (κ1) is 19.7. The monoisotopic (exact) mass is 380 g/mol. The van der Waals surface area contributed by atoms with Gasteiger partial charge in [0.2, 0.25) is 0 Å². The van der Waals surface area contributed by atoms with Gasteiger partial charge in [-0.05, 0) is 30.2 Å². The van der Waals surface area contributed by atoms with Gasteiger partial charge in [-0.25, -0.2) is 4.79 Å². The summed E-state index contributed by atoms with van der Waals surface area (Å²) in [6.07, 6.45) is 0.543. The van der Waals surface area contributed by atoms with E-state index in [0.29, 0.717) is 26.1 Å². The molecule has 0 fully saturated rings. The summed E-state index contributed by atoms with van der Waals surface area (Å²) in [5.74, 6) is 0. The van der Waals surface area contributed by atoms with Crippen LogP contribution in [-0.2, 0) is 11.4 Å². The van der Waals surface area contributed by atoms with Crippen LogP contribution in [0.3, 0.4) is 0 Å². The Morgan fingerprint density at radius 3 is 2.50 bits per heavy atom. The molecule has 2 aromatic rings. The molecule has 1 atom stereocenters. The molecule has 2 amide bonds. The van der Waals surface area contributed by atoms with E-state index >= 15 is 0 Å². The molecule has 0 bridgehead atoms. The number of nitrogens with one attached hydrogen (secondary N) is 1. The Labute approximate surface area is 166 Å². The van der Waals surface area contributed by atoms with Gasteiger partial charge >= 0.3 is 6.03 Å². The maximum Gasteiger partial charge on any atom is 0.317 e. The van der Waals surface area contributed by atoms with Gasteiger partial charge in [0.1, 0.15) is 0 Å². The van der Waals surface area contributed by atoms with Crippen LogP contribution in [0.2, 0.25) is 0 Å². The average molecular weight is 380 g/mol. The van der Waals surface area contributed by atoms with E-state index in [1.807, 2.05) is 51.4 Å². The SMILES string of the molecule is CCNC(=O)N(Cc1ccccc1)CC1CC(c2ccc(N(C)C)cc2)=NO1. The first-order chi connectivity index (χ1) is 13.6. The Kier molecular flexibility index (Phi) is 6.53. The van der Waals surface area contributed by atoms with E-state index in [0.717, 1.165) is 22.5 Å². The van der Waals surface area contributed by atoms with Crippen molar-refractivity contribution in [2.75, 3.05) is 32.1 Å². The lowest BCUT2D eigenvalue weighted by molar-refractivity contribution is 0.0590. The number of oxime groups is 1. The lowest BCUT2D eigenvalue weighted by Crippen LogP contribution is -2.43. The summed E-state index contributed by atoms with van der Waals surface area (Å²) in [7, 11) is 4.04. The molecule has 148 valence electrons. The van der Waals surface area contributed by atoms with Crippen LogP contribution in [0, 0.1) is 0 Å². The first-order valence-corrected chi connectivity index (χ1v) is 9.64. The van der Waals surface area contributed by atoms with E-state index < -0.39 is 0 Å². The molecule has 0 spiro atoms. The molecule has 3 rings (SSSR count). The largest absolute Gasteiger partial charge is 0.390 e. The minimum absolute atomic E-state index is 0.0845. The molecule has 1 N–H and O–H groups in total. The van der Waals surface area contributed by atoms with Gasteiger partial charge in [-0.2, -0.15) is 0 Å². The van der Waals surface area contributed by atoms with Crippen molar-refractivity contribution in [1.82, 2.24) is 10.2 Å². The zero-order valence-corrected chi connectivity index (χ0v) is 16.8. The summed E-state index contributed by atoms with van der Waals surface area (Å²) >= 11 is 0. The molecule has 1 unspecified atom stereocenters. The van der Waals surface area contributed by atoms with Gasteiger partial charge in [-0.15, -0.1) is 0 Å². The lowest BCUT2D eigenvalue weighted by atomic mass is 10.0. The van der Waals surface area contributed by atoms with Crippen LogP contribution < -0.4 is 10.2 Å². The van der Waals surface area contributed by atoms with Crippen molar-refractivity contribution in [2.24, 2.45) is 5.16 Å². The van der Waals surface area contributed by atoms with E-state index in [9.17, 15) is 4.79 Å². The first-order valence-electron chi connectivity index (χ1n) is 9.64. The number of benzene rings is 2. The summed E-state index contributed by atoms with van der Waals surface area (Å²) in [5.41, 5.74) is 4.21. The van der Waals surface area contributed by atoms with Crippen LogP contribution in [0.5, 0.6) is 0 Å². The number of amides is 2. The van der Waals surface area contributed by atoms with Crippen molar-refractivity contribution in [1.29, 1.82) is 0 Å². The number of hydrogen-bond donors (Lipinski definition) is 1. The highest BCUT2D eigenvalue weighted by atomic mass is 16.6. The fourth-order valence-electron chi connectivity index (χ4n) is 3.18. The lowest BCUT2D eigenvalue weighted by Gasteiger charge is -2.25. The van der Waals surface area contributed by atoms with Crippen LogP contribution >= 0.6 is 0 Å². The summed E-state index contributed by atoms with van der Waals surface area (Å²) in [4.78, 5) is 22.0. The van der Waals surface area contributed by atoms with Crippen molar-refractivity contribution in [2.45, 2.75) is 26.0 Å². The van der Waals surface area contributed by atoms with Gasteiger partial charge in [0.25, 0.3) is 0 Å². The van der Waals surface area contributed by atoms with Gasteiger partial charge in [-0.1, -0.05) is 47.6 Å². The summed E-state index contributed by atoms with van der Waals surface area (Å²) in [6, 6.07) is 18.2. The maximum atomic E-state index is 12.5. The Morgan fingerprint density at radius 2 is 1.86 bits per heavy atom. The predicted molar refractivity (Wildman–Crippen MR) is 113 cm³/mol. The third-order valence-corrected chi connectivity index (χ3v) is 4.71. The molecule has 0 saturated carbocycles. The molecule has 6 heteroatoms. The highest BCUT2D eigenvalue weighted by Gasteiger charge is 2.26. The Morgan fingerprint density at radius 1 is 1.14 bits per heavy atom. The quantitative estimate of drug-likeness (QED) is 0.800. The molecular formula is C22H28N4O2. The number of nitrogens with zero attached hydrogens (tertiary/aromatic N) is 3. The van der Waals surface area contributed by atoms with Gasteiger partial charge in [0.05, 0.1) is 12.3 Å². The minimum atomic E-state index is -0.144. The molecule has 6 nitrogen and oxygen atoms in total. The number of carbonyl (C=O) groups is 1. The number of rotatable bonds is 7. The van der Waals surface area contributed by atoms with Crippen molar-refractivity contribution in [3.8, 4) is 0 Å². The summed E-state index contributed by atoms with van der Waals surface area (Å²) < 4.78 is 0. The second-order valence-corrected chi connectivity index (χ2v) is 7.11. The second-order valence-electron chi connectivity index (χ2n) is 7.11. The van der Waals surface area contributed by atoms with Gasteiger partial charge in [-0.3, -0.25) is 0 Å². The number of urea groups is 1. The maximum absolute atomic E-state index is 12.5. The molecule has 0 aromatic heterocycles. The average Bonchev–Trinajstić information content (AvgIpc) is 3.17. The summed E-state index contributed by atoms with van der Waals surface area (Å²) in [6.45, 7) is 3.54. The Hall–Kier alpha value is -3.02. The van der Waals surface area contributed by atoms with Crippen LogP contribution in [0.25, 0.3) is 0 Å². The third kappa shape index (κ3) is 5.03. The van der Waals surface area contributed by atoms with Crippen LogP contribution in [0.4, 0.5) is 10.5 Å². The van der Waals surface area contributed by atoms with Gasteiger partial charge in [0, 0.05) is 39.3 Å². The molecule has 28 heavy (non-hydrogen) atoms. The van der Waals surface area contributed by atoms with Crippen molar-refractivity contribution >= 4 is 17.4 Å². The van der Waals surface area contributed by atoms with Crippen molar-refractivity contribution in [3.63, 3.8) is 0 Å². The molecule has 2 aromatic carbocycles. The predicted octanol–water partition coefficient (Wildman–Crippen LogP) is 3.48. The Balaban J connectivity index is 1.63. The van der Waals surface area contributed by atoms with E-state index in [1.165, 1.54) is 0 Å². The van der Waals surface area contributed by atoms with E-state index in [2.05, 4.69) is 39.6 Å². The third-order valence-electron chi connectivity index (χ3n) is 4.71. The molecular weight excluding hydrogens is 352 g/mol. The van der Waals surface area contributed by atoms with E-state index in [-0.39, 0.29) is 12.1 Å². The van der Waals surface area contributed by atoms with E-state index in [4.69, 9.17) is 4.84 Å². The van der Waals surface area contributed by atoms with Crippen LogP contribution in [0.1, 0.15) is 24.5 Å². The summed E-state index contributed by atoms with van der Waals surface area (Å²) in [5, 5.41) is 7.16. The molecule has 0 aliphatic carbocycles. The topological polar surface area (TPSA) is 57.2 Å². The smallest absolute Gasteiger partial charge is 0.317 e. The standard InChI is InChI=1S/C22H28N4O2/c1-4-23-22(27)26(15-17-8-6-5-7-9-17)16-20-14-21(24-28-20)18-10-12-19(13-11-18)25(2)3/h5-13,20H,4,14-16H2,1-3H3,(H,23,27). The van der Waals surface area contributed by atoms with Crippen molar-refractivity contribution in [3.05, 3.63) is 65.7 Å². The fraction of sp³-hybridized carbons (Fsp3) is 0.364. The van der Waals surface area contributed by atoms with Gasteiger partial charge < -0.3 is 20.0 Å². The zero-order chi connectivity index (χ0) is 19.9. The number of hydrogen-bond acceptors (Lipinski definition) is 4. The molecule has 1 aliphatic heterocycles. The number of carbonyl (C=O) groups excluding carboxylic acids is 1. The van der Waals surface area contributed by atoms with Crippen molar-refractivity contribution < 1.29 is 9.63 Å². The molecule has 1 aliphatic rings. The molecule has 1 heterocycles. The number of anilines is 1. The van der Waals surface area contributed by atoms with Crippen LogP contribution in [-0.4, -0.2) is 49.9 Å². The van der Waals surface area contributed by atoms with Crippen LogP contribution in [0.15, 0.2) is 59.8 Å². The van der Waals surface area contributed by atoms with Gasteiger partial charge in [0.15, 0.2) is 6.10 Å². The zero-order valence-electron chi connectivity index (χ0n) is 16.8.